The fourth-order valence-corrected chi connectivity index (χ4v) is 3.52. The summed E-state index contributed by atoms with van der Waals surface area (Å²) in [4.78, 5) is 25.3. The normalized spacial score (nSPS) is 24.6. The van der Waals surface area contributed by atoms with Gasteiger partial charge in [-0.15, -0.1) is 0 Å². The molecule has 0 aromatic heterocycles. The summed E-state index contributed by atoms with van der Waals surface area (Å²) in [5.41, 5.74) is 1.69. The average molecular weight is 344 g/mol. The van der Waals surface area contributed by atoms with Gasteiger partial charge in [-0.1, -0.05) is 58.2 Å². The molecule has 138 valence electrons. The number of carbonyl (C=O) groups is 2. The molecule has 4 unspecified atom stereocenters. The molecule has 0 heterocycles. The Labute approximate surface area is 151 Å². The number of benzene rings is 1. The zero-order chi connectivity index (χ0) is 18.6. The van der Waals surface area contributed by atoms with Gasteiger partial charge in [0.2, 0.25) is 5.91 Å². The molecule has 1 aliphatic carbocycles. The molecule has 25 heavy (non-hydrogen) atoms. The molecule has 1 aliphatic rings. The Kier molecular flexibility index (Phi) is 6.63. The predicted octanol–water partition coefficient (Wildman–Crippen LogP) is 3.69. The van der Waals surface area contributed by atoms with Crippen molar-refractivity contribution >= 4 is 11.8 Å². The Morgan fingerprint density at radius 1 is 1.08 bits per heavy atom. The lowest BCUT2D eigenvalue weighted by molar-refractivity contribution is -0.125. The number of hydrogen-bond donors (Lipinski definition) is 2. The van der Waals surface area contributed by atoms with Gasteiger partial charge in [0.25, 0.3) is 5.91 Å². The first-order valence-corrected chi connectivity index (χ1v) is 9.47. The molecule has 0 bridgehead atoms. The van der Waals surface area contributed by atoms with E-state index in [-0.39, 0.29) is 23.8 Å². The Hall–Kier alpha value is -1.84. The van der Waals surface area contributed by atoms with Crippen molar-refractivity contribution in [1.82, 2.24) is 10.6 Å². The maximum absolute atomic E-state index is 12.8. The maximum atomic E-state index is 12.8. The van der Waals surface area contributed by atoms with Crippen molar-refractivity contribution < 1.29 is 9.59 Å². The van der Waals surface area contributed by atoms with Crippen molar-refractivity contribution in [3.8, 4) is 0 Å². The minimum atomic E-state index is -0.516. The largest absolute Gasteiger partial charge is 0.351 e. The lowest BCUT2D eigenvalue weighted by Crippen LogP contribution is -2.54. The first-order chi connectivity index (χ1) is 11.8. The van der Waals surface area contributed by atoms with Crippen molar-refractivity contribution in [3.63, 3.8) is 0 Å². The van der Waals surface area contributed by atoms with Crippen LogP contribution >= 0.6 is 0 Å². The molecule has 1 aromatic rings. The van der Waals surface area contributed by atoms with Crippen LogP contribution in [0.1, 0.15) is 62.9 Å². The third kappa shape index (κ3) is 5.07. The predicted molar refractivity (Wildman–Crippen MR) is 101 cm³/mol. The maximum Gasteiger partial charge on any atom is 0.251 e. The van der Waals surface area contributed by atoms with Crippen LogP contribution in [0, 0.1) is 24.7 Å². The zero-order valence-corrected chi connectivity index (χ0v) is 16.1. The van der Waals surface area contributed by atoms with Gasteiger partial charge < -0.3 is 10.6 Å². The van der Waals surface area contributed by atoms with Crippen LogP contribution in [-0.2, 0) is 4.79 Å². The zero-order valence-electron chi connectivity index (χ0n) is 16.1. The molecule has 2 amide bonds. The molecule has 1 saturated carbocycles. The highest BCUT2D eigenvalue weighted by Gasteiger charge is 2.31. The van der Waals surface area contributed by atoms with E-state index >= 15 is 0 Å². The molecule has 0 spiro atoms. The molecule has 0 aliphatic heterocycles. The minimum absolute atomic E-state index is 0.0331. The van der Waals surface area contributed by atoms with E-state index in [1.54, 1.807) is 12.1 Å². The Morgan fingerprint density at radius 3 is 2.32 bits per heavy atom. The highest BCUT2D eigenvalue weighted by molar-refractivity contribution is 5.97. The molecule has 1 fully saturated rings. The first kappa shape index (κ1) is 19.5. The number of rotatable bonds is 5. The average Bonchev–Trinajstić information content (AvgIpc) is 2.56. The molecule has 4 atom stereocenters. The third-order valence-electron chi connectivity index (χ3n) is 5.58. The van der Waals surface area contributed by atoms with Gasteiger partial charge in [-0.25, -0.2) is 0 Å². The van der Waals surface area contributed by atoms with Crippen LogP contribution in [0.15, 0.2) is 24.3 Å². The fraction of sp³-hybridized carbons (Fsp3) is 0.619. The highest BCUT2D eigenvalue weighted by Crippen LogP contribution is 2.29. The molecule has 1 aromatic carbocycles. The van der Waals surface area contributed by atoms with Crippen LogP contribution in [-0.4, -0.2) is 23.9 Å². The Morgan fingerprint density at radius 2 is 1.72 bits per heavy atom. The van der Waals surface area contributed by atoms with Gasteiger partial charge >= 0.3 is 0 Å². The number of nitrogens with one attached hydrogen (secondary N) is 2. The summed E-state index contributed by atoms with van der Waals surface area (Å²) in [5.74, 6) is 0.864. The lowest BCUT2D eigenvalue weighted by Gasteiger charge is -2.36. The minimum Gasteiger partial charge on any atom is -0.351 e. The monoisotopic (exact) mass is 344 g/mol. The van der Waals surface area contributed by atoms with Gasteiger partial charge in [-0.2, -0.15) is 0 Å². The Balaban J connectivity index is 2.02. The second kappa shape index (κ2) is 8.50. The van der Waals surface area contributed by atoms with Gasteiger partial charge in [-0.3, -0.25) is 9.59 Å². The molecule has 2 rings (SSSR count). The summed E-state index contributed by atoms with van der Waals surface area (Å²) in [6.45, 7) is 10.4. The summed E-state index contributed by atoms with van der Waals surface area (Å²) < 4.78 is 0. The quantitative estimate of drug-likeness (QED) is 0.856. The van der Waals surface area contributed by atoms with Crippen LogP contribution in [0.25, 0.3) is 0 Å². The van der Waals surface area contributed by atoms with Crippen molar-refractivity contribution in [3.05, 3.63) is 35.4 Å². The molecular formula is C21H32N2O2. The summed E-state index contributed by atoms with van der Waals surface area (Å²) in [6.07, 6.45) is 3.40. The smallest absolute Gasteiger partial charge is 0.251 e. The van der Waals surface area contributed by atoms with Crippen molar-refractivity contribution in [2.75, 3.05) is 0 Å². The van der Waals surface area contributed by atoms with Gasteiger partial charge in [0.15, 0.2) is 0 Å². The summed E-state index contributed by atoms with van der Waals surface area (Å²) in [7, 11) is 0. The molecule has 2 N–H and O–H groups in total. The number of hydrogen-bond acceptors (Lipinski definition) is 2. The summed E-state index contributed by atoms with van der Waals surface area (Å²) in [5, 5.41) is 6.11. The van der Waals surface area contributed by atoms with Crippen LogP contribution in [0.5, 0.6) is 0 Å². The number of carbonyl (C=O) groups excluding carboxylic acids is 2. The van der Waals surface area contributed by atoms with E-state index < -0.39 is 6.04 Å². The molecule has 4 nitrogen and oxygen atoms in total. The molecule has 4 heteroatoms. The van der Waals surface area contributed by atoms with Gasteiger partial charge in [0.1, 0.15) is 6.04 Å². The van der Waals surface area contributed by atoms with Crippen LogP contribution < -0.4 is 10.6 Å². The number of amides is 2. The first-order valence-electron chi connectivity index (χ1n) is 9.47. The van der Waals surface area contributed by atoms with E-state index in [9.17, 15) is 9.59 Å². The van der Waals surface area contributed by atoms with E-state index in [2.05, 4.69) is 24.5 Å². The van der Waals surface area contributed by atoms with Crippen LogP contribution in [0.2, 0.25) is 0 Å². The van der Waals surface area contributed by atoms with Gasteiger partial charge in [-0.05, 0) is 43.2 Å². The van der Waals surface area contributed by atoms with Gasteiger partial charge in [0.05, 0.1) is 0 Å². The topological polar surface area (TPSA) is 58.2 Å². The standard InChI is InChI=1S/C21H32N2O2/c1-13(2)19(23-20(24)17-11-9-14(3)10-12-17)21(25)22-18-8-6-7-15(4)16(18)5/h9-13,15-16,18-19H,6-8H2,1-5H3,(H,22,25)(H,23,24). The summed E-state index contributed by atoms with van der Waals surface area (Å²) >= 11 is 0. The van der Waals surface area contributed by atoms with E-state index in [1.165, 1.54) is 6.42 Å². The van der Waals surface area contributed by atoms with Gasteiger partial charge in [0, 0.05) is 11.6 Å². The molecule has 0 saturated heterocycles. The van der Waals surface area contributed by atoms with Crippen molar-refractivity contribution in [2.24, 2.45) is 17.8 Å². The number of aryl methyl sites for hydroxylation is 1. The van der Waals surface area contributed by atoms with E-state index in [0.717, 1.165) is 18.4 Å². The van der Waals surface area contributed by atoms with E-state index in [1.807, 2.05) is 32.9 Å². The summed E-state index contributed by atoms with van der Waals surface area (Å²) in [6, 6.07) is 7.09. The molecular weight excluding hydrogens is 312 g/mol. The van der Waals surface area contributed by atoms with Crippen molar-refractivity contribution in [1.29, 1.82) is 0 Å². The second-order valence-electron chi connectivity index (χ2n) is 7.94. The van der Waals surface area contributed by atoms with Crippen molar-refractivity contribution in [2.45, 2.75) is 66.0 Å². The Bertz CT molecular complexity index is 594. The SMILES string of the molecule is Cc1ccc(C(=O)NC(C(=O)NC2CCCC(C)C2C)C(C)C)cc1. The molecule has 0 radical (unpaired) electrons. The van der Waals surface area contributed by atoms with Crippen LogP contribution in [0.4, 0.5) is 0 Å². The van der Waals surface area contributed by atoms with Crippen LogP contribution in [0.3, 0.4) is 0 Å². The van der Waals surface area contributed by atoms with E-state index in [4.69, 9.17) is 0 Å². The third-order valence-corrected chi connectivity index (χ3v) is 5.58. The lowest BCUT2D eigenvalue weighted by atomic mass is 9.78. The highest BCUT2D eigenvalue weighted by atomic mass is 16.2. The second-order valence-corrected chi connectivity index (χ2v) is 7.94. The van der Waals surface area contributed by atoms with E-state index in [0.29, 0.717) is 17.4 Å². The fourth-order valence-electron chi connectivity index (χ4n) is 3.52.